The first-order valence-corrected chi connectivity index (χ1v) is 10.1. The van der Waals surface area contributed by atoms with Gasteiger partial charge >= 0.3 is 12.1 Å². The minimum Gasteiger partial charge on any atom is -0.491 e. The number of carbonyl (C=O) groups is 1. The Kier molecular flexibility index (Phi) is 7.23. The summed E-state index contributed by atoms with van der Waals surface area (Å²) in [5.74, 6) is -1.88. The third kappa shape index (κ3) is 6.23. The van der Waals surface area contributed by atoms with Crippen LogP contribution in [0.4, 0.5) is 13.2 Å². The fraction of sp³-hybridized carbons (Fsp3) is 0.174. The Morgan fingerprint density at radius 2 is 1.70 bits per heavy atom. The van der Waals surface area contributed by atoms with Gasteiger partial charge in [0.15, 0.2) is 0 Å². The number of aromatic nitrogens is 3. The Morgan fingerprint density at radius 1 is 1.03 bits per heavy atom. The predicted molar refractivity (Wildman–Crippen MR) is 118 cm³/mol. The van der Waals surface area contributed by atoms with Gasteiger partial charge in [-0.3, -0.25) is 4.40 Å². The van der Waals surface area contributed by atoms with Gasteiger partial charge < -0.3 is 9.84 Å². The Bertz CT molecular complexity index is 1260. The standard InChI is InChI=1S/C21H18ClN3O.C2HF3O2/c1-14(2)26-18-5-3-15(4-6-18)16-8-10-25-19(13-24-21(25)12-16)17-7-9-23-20(22)11-17;3-2(4,5)1(6)7/h3-14H,1-2H3;(H,6,7). The number of rotatable bonds is 4. The van der Waals surface area contributed by atoms with Crippen molar-refractivity contribution in [2.75, 3.05) is 0 Å². The highest BCUT2D eigenvalue weighted by molar-refractivity contribution is 6.29. The molecule has 0 atom stereocenters. The van der Waals surface area contributed by atoms with E-state index >= 15 is 0 Å². The van der Waals surface area contributed by atoms with Gasteiger partial charge in [0.1, 0.15) is 16.5 Å². The number of alkyl halides is 3. The van der Waals surface area contributed by atoms with E-state index in [0.717, 1.165) is 33.8 Å². The molecule has 1 aromatic carbocycles. The lowest BCUT2D eigenvalue weighted by Gasteiger charge is -2.10. The van der Waals surface area contributed by atoms with Gasteiger partial charge in [0.25, 0.3) is 0 Å². The second-order valence-corrected chi connectivity index (χ2v) is 7.54. The van der Waals surface area contributed by atoms with E-state index < -0.39 is 12.1 Å². The molecule has 3 heterocycles. The Morgan fingerprint density at radius 3 is 2.27 bits per heavy atom. The lowest BCUT2D eigenvalue weighted by atomic mass is 10.1. The molecule has 0 bridgehead atoms. The topological polar surface area (TPSA) is 76.7 Å². The highest BCUT2D eigenvalue weighted by Gasteiger charge is 2.38. The van der Waals surface area contributed by atoms with E-state index in [1.54, 1.807) is 6.20 Å². The van der Waals surface area contributed by atoms with Crippen molar-refractivity contribution in [3.63, 3.8) is 0 Å². The second-order valence-electron chi connectivity index (χ2n) is 7.15. The molecule has 4 rings (SSSR count). The van der Waals surface area contributed by atoms with Crippen molar-refractivity contribution in [2.24, 2.45) is 0 Å². The van der Waals surface area contributed by atoms with Crippen LogP contribution in [-0.2, 0) is 4.79 Å². The number of carboxylic acid groups (broad SMARTS) is 1. The van der Waals surface area contributed by atoms with Crippen LogP contribution in [0, 0.1) is 0 Å². The summed E-state index contributed by atoms with van der Waals surface area (Å²) in [5, 5.41) is 7.60. The van der Waals surface area contributed by atoms with Crippen LogP contribution in [0.3, 0.4) is 0 Å². The molecule has 0 aliphatic rings. The number of hydrogen-bond donors (Lipinski definition) is 1. The highest BCUT2D eigenvalue weighted by atomic mass is 35.5. The molecule has 0 aliphatic carbocycles. The fourth-order valence-corrected chi connectivity index (χ4v) is 3.11. The van der Waals surface area contributed by atoms with Crippen molar-refractivity contribution < 1.29 is 27.8 Å². The van der Waals surface area contributed by atoms with Crippen LogP contribution in [-0.4, -0.2) is 37.7 Å². The van der Waals surface area contributed by atoms with E-state index in [0.29, 0.717) is 5.15 Å². The zero-order valence-electron chi connectivity index (χ0n) is 17.5. The smallest absolute Gasteiger partial charge is 0.490 e. The van der Waals surface area contributed by atoms with E-state index in [4.69, 9.17) is 26.2 Å². The predicted octanol–water partition coefficient (Wildman–Crippen LogP) is 6.14. The number of nitrogens with zero attached hydrogens (tertiary/aromatic N) is 3. The second kappa shape index (κ2) is 9.91. The lowest BCUT2D eigenvalue weighted by Crippen LogP contribution is -2.21. The maximum Gasteiger partial charge on any atom is 0.490 e. The molecule has 6 nitrogen and oxygen atoms in total. The molecular formula is C23H19ClF3N3O3. The maximum absolute atomic E-state index is 10.6. The van der Waals surface area contributed by atoms with Crippen LogP contribution in [0.5, 0.6) is 5.75 Å². The number of aliphatic carboxylic acids is 1. The molecule has 0 aliphatic heterocycles. The third-order valence-corrected chi connectivity index (χ3v) is 4.54. The van der Waals surface area contributed by atoms with Crippen LogP contribution < -0.4 is 4.74 Å². The maximum atomic E-state index is 10.6. The molecule has 33 heavy (non-hydrogen) atoms. The van der Waals surface area contributed by atoms with Crippen LogP contribution in [0.15, 0.2) is 67.1 Å². The number of carboxylic acids is 1. The van der Waals surface area contributed by atoms with Crippen LogP contribution >= 0.6 is 11.6 Å². The Labute approximate surface area is 192 Å². The third-order valence-electron chi connectivity index (χ3n) is 4.34. The van der Waals surface area contributed by atoms with Crippen LogP contribution in [0.25, 0.3) is 28.0 Å². The SMILES string of the molecule is CC(C)Oc1ccc(-c2ccn3c(-c4ccnc(Cl)c4)cnc3c2)cc1.O=C(O)C(F)(F)F. The summed E-state index contributed by atoms with van der Waals surface area (Å²) in [4.78, 5) is 17.5. The van der Waals surface area contributed by atoms with E-state index in [9.17, 15) is 13.2 Å². The highest BCUT2D eigenvalue weighted by Crippen LogP contribution is 2.27. The molecule has 0 saturated heterocycles. The summed E-state index contributed by atoms with van der Waals surface area (Å²) < 4.78 is 39.5. The summed E-state index contributed by atoms with van der Waals surface area (Å²) in [6.45, 7) is 4.04. The minimum atomic E-state index is -5.08. The van der Waals surface area contributed by atoms with Crippen molar-refractivity contribution in [3.05, 3.63) is 72.3 Å². The molecule has 0 spiro atoms. The van der Waals surface area contributed by atoms with Gasteiger partial charge in [0, 0.05) is 18.0 Å². The van der Waals surface area contributed by atoms with Gasteiger partial charge in [-0.15, -0.1) is 0 Å². The van der Waals surface area contributed by atoms with E-state index in [2.05, 4.69) is 34.2 Å². The monoisotopic (exact) mass is 477 g/mol. The number of halogens is 4. The number of benzene rings is 1. The molecule has 0 unspecified atom stereocenters. The quantitative estimate of drug-likeness (QED) is 0.357. The van der Waals surface area contributed by atoms with Gasteiger partial charge in [0.2, 0.25) is 0 Å². The van der Waals surface area contributed by atoms with E-state index in [1.807, 2.05) is 54.9 Å². The molecule has 0 amide bonds. The summed E-state index contributed by atoms with van der Waals surface area (Å²) in [6, 6.07) is 16.0. The Hall–Kier alpha value is -3.59. The number of imidazole rings is 1. The Balaban J connectivity index is 0.000000383. The van der Waals surface area contributed by atoms with Gasteiger partial charge in [-0.25, -0.2) is 14.8 Å². The summed E-state index contributed by atoms with van der Waals surface area (Å²) in [5.41, 5.74) is 5.09. The molecule has 4 aromatic rings. The molecule has 172 valence electrons. The average molecular weight is 478 g/mol. The van der Waals surface area contributed by atoms with Crippen molar-refractivity contribution >= 4 is 23.2 Å². The number of pyridine rings is 2. The fourth-order valence-electron chi connectivity index (χ4n) is 2.93. The molecular weight excluding hydrogens is 459 g/mol. The number of hydrogen-bond acceptors (Lipinski definition) is 4. The first-order valence-electron chi connectivity index (χ1n) is 9.71. The van der Waals surface area contributed by atoms with Crippen LogP contribution in [0.2, 0.25) is 5.15 Å². The first-order chi connectivity index (χ1) is 15.5. The van der Waals surface area contributed by atoms with Gasteiger partial charge in [-0.1, -0.05) is 23.7 Å². The van der Waals surface area contributed by atoms with Crippen LogP contribution in [0.1, 0.15) is 13.8 Å². The lowest BCUT2D eigenvalue weighted by molar-refractivity contribution is -0.192. The van der Waals surface area contributed by atoms with Gasteiger partial charge in [-0.2, -0.15) is 13.2 Å². The molecule has 0 saturated carbocycles. The van der Waals surface area contributed by atoms with Gasteiger partial charge in [-0.05, 0) is 61.4 Å². The number of fused-ring (bicyclic) bond motifs is 1. The normalized spacial score (nSPS) is 11.2. The molecule has 10 heteroatoms. The molecule has 3 aromatic heterocycles. The summed E-state index contributed by atoms with van der Waals surface area (Å²) in [6.07, 6.45) is 0.665. The molecule has 0 fully saturated rings. The summed E-state index contributed by atoms with van der Waals surface area (Å²) >= 11 is 6.01. The molecule has 0 radical (unpaired) electrons. The minimum absolute atomic E-state index is 0.169. The largest absolute Gasteiger partial charge is 0.491 e. The van der Waals surface area contributed by atoms with E-state index in [1.165, 1.54) is 0 Å². The number of ether oxygens (including phenoxy) is 1. The van der Waals surface area contributed by atoms with Crippen molar-refractivity contribution in [1.29, 1.82) is 0 Å². The average Bonchev–Trinajstić information content (AvgIpc) is 3.17. The zero-order chi connectivity index (χ0) is 24.2. The van der Waals surface area contributed by atoms with Crippen molar-refractivity contribution in [3.8, 4) is 28.1 Å². The first kappa shape index (κ1) is 24.1. The van der Waals surface area contributed by atoms with Crippen molar-refractivity contribution in [1.82, 2.24) is 14.4 Å². The van der Waals surface area contributed by atoms with Crippen molar-refractivity contribution in [2.45, 2.75) is 26.1 Å². The zero-order valence-corrected chi connectivity index (χ0v) is 18.3. The molecule has 1 N–H and O–H groups in total. The summed E-state index contributed by atoms with van der Waals surface area (Å²) in [7, 11) is 0. The van der Waals surface area contributed by atoms with Gasteiger partial charge in [0.05, 0.1) is 18.0 Å². The van der Waals surface area contributed by atoms with E-state index in [-0.39, 0.29) is 6.10 Å².